The predicted molar refractivity (Wildman–Crippen MR) is 82.1 cm³/mol. The number of para-hydroxylation sites is 1. The van der Waals surface area contributed by atoms with E-state index in [1.807, 2.05) is 43.3 Å². The van der Waals surface area contributed by atoms with Crippen molar-refractivity contribution < 1.29 is 5.11 Å². The lowest BCUT2D eigenvalue weighted by Crippen LogP contribution is -2.42. The maximum absolute atomic E-state index is 10.6. The summed E-state index contributed by atoms with van der Waals surface area (Å²) in [6, 6.07) is 12.3. The van der Waals surface area contributed by atoms with Crippen LogP contribution < -0.4 is 4.90 Å². The molecule has 1 fully saturated rings. The van der Waals surface area contributed by atoms with Gasteiger partial charge in [-0.2, -0.15) is 0 Å². The summed E-state index contributed by atoms with van der Waals surface area (Å²) in [4.78, 5) is 8.92. The number of hydrogen-bond acceptors (Lipinski definition) is 4. The van der Waals surface area contributed by atoms with Gasteiger partial charge in [0.1, 0.15) is 5.82 Å². The minimum atomic E-state index is -0.628. The zero-order valence-electron chi connectivity index (χ0n) is 12.1. The van der Waals surface area contributed by atoms with Gasteiger partial charge in [0.25, 0.3) is 0 Å². The van der Waals surface area contributed by atoms with Crippen LogP contribution in [0.1, 0.15) is 6.42 Å². The van der Waals surface area contributed by atoms with Crippen molar-refractivity contribution in [2.24, 2.45) is 0 Å². The van der Waals surface area contributed by atoms with Gasteiger partial charge in [-0.25, -0.2) is 4.98 Å². The summed E-state index contributed by atoms with van der Waals surface area (Å²) < 4.78 is 0. The van der Waals surface area contributed by atoms with E-state index >= 15 is 0 Å². The van der Waals surface area contributed by atoms with Gasteiger partial charge in [0.2, 0.25) is 0 Å². The number of pyridine rings is 1. The van der Waals surface area contributed by atoms with E-state index in [4.69, 9.17) is 4.98 Å². The van der Waals surface area contributed by atoms with Gasteiger partial charge in [-0.3, -0.25) is 0 Å². The molecule has 0 unspecified atom stereocenters. The second-order valence-corrected chi connectivity index (χ2v) is 6.00. The van der Waals surface area contributed by atoms with Crippen molar-refractivity contribution in [3.8, 4) is 0 Å². The number of rotatable bonds is 3. The van der Waals surface area contributed by atoms with Crippen molar-refractivity contribution in [1.29, 1.82) is 0 Å². The minimum absolute atomic E-state index is 0.628. The highest BCUT2D eigenvalue weighted by Crippen LogP contribution is 2.27. The lowest BCUT2D eigenvalue weighted by atomic mass is 10.0. The lowest BCUT2D eigenvalue weighted by Gasteiger charge is -2.27. The molecule has 2 aromatic rings. The Kier molecular flexibility index (Phi) is 3.36. The summed E-state index contributed by atoms with van der Waals surface area (Å²) >= 11 is 0. The molecule has 0 spiro atoms. The maximum Gasteiger partial charge on any atom is 0.129 e. The van der Waals surface area contributed by atoms with Crippen LogP contribution in [-0.4, -0.2) is 54.3 Å². The van der Waals surface area contributed by atoms with Crippen LogP contribution in [0.25, 0.3) is 10.9 Å². The fourth-order valence-corrected chi connectivity index (χ4v) is 3.00. The van der Waals surface area contributed by atoms with Gasteiger partial charge in [-0.15, -0.1) is 0 Å². The number of benzene rings is 1. The zero-order valence-corrected chi connectivity index (χ0v) is 12.1. The molecule has 0 radical (unpaired) electrons. The topological polar surface area (TPSA) is 39.6 Å². The zero-order chi connectivity index (χ0) is 14.2. The number of hydrogen-bond donors (Lipinski definition) is 1. The van der Waals surface area contributed by atoms with Crippen LogP contribution in [0.15, 0.2) is 36.4 Å². The Hall–Kier alpha value is -1.65. The third-order valence-electron chi connectivity index (χ3n) is 3.85. The Morgan fingerprint density at radius 1 is 1.25 bits per heavy atom. The highest BCUT2D eigenvalue weighted by molar-refractivity contribution is 5.80. The molecule has 3 rings (SSSR count). The number of aliphatic hydroxyl groups is 1. The van der Waals surface area contributed by atoms with Gasteiger partial charge in [0, 0.05) is 25.0 Å². The first-order valence-corrected chi connectivity index (χ1v) is 7.04. The minimum Gasteiger partial charge on any atom is -0.387 e. The van der Waals surface area contributed by atoms with Crippen molar-refractivity contribution in [3.05, 3.63) is 36.4 Å². The van der Waals surface area contributed by atoms with E-state index in [1.54, 1.807) is 0 Å². The molecule has 4 heteroatoms. The number of aromatic nitrogens is 1. The Morgan fingerprint density at radius 2 is 2.05 bits per heavy atom. The quantitative estimate of drug-likeness (QED) is 0.923. The molecule has 0 amide bonds. The third kappa shape index (κ3) is 2.62. The van der Waals surface area contributed by atoms with Gasteiger partial charge in [-0.1, -0.05) is 18.2 Å². The Labute approximate surface area is 119 Å². The number of anilines is 1. The second-order valence-electron chi connectivity index (χ2n) is 6.00. The van der Waals surface area contributed by atoms with Crippen LogP contribution >= 0.6 is 0 Å². The maximum atomic E-state index is 10.6. The molecule has 2 heterocycles. The molecule has 20 heavy (non-hydrogen) atoms. The van der Waals surface area contributed by atoms with Crippen LogP contribution in [0.2, 0.25) is 0 Å². The van der Waals surface area contributed by atoms with Gasteiger partial charge in [0.15, 0.2) is 0 Å². The smallest absolute Gasteiger partial charge is 0.129 e. The third-order valence-corrected chi connectivity index (χ3v) is 3.85. The first kappa shape index (κ1) is 13.3. The van der Waals surface area contributed by atoms with Crippen LogP contribution in [0.5, 0.6) is 0 Å². The molecular formula is C16H21N3O. The highest BCUT2D eigenvalue weighted by Gasteiger charge is 2.36. The van der Waals surface area contributed by atoms with E-state index in [0.29, 0.717) is 13.1 Å². The van der Waals surface area contributed by atoms with E-state index in [9.17, 15) is 5.11 Å². The molecule has 1 N–H and O–H groups in total. The molecule has 1 aromatic carbocycles. The van der Waals surface area contributed by atoms with E-state index in [0.717, 1.165) is 29.7 Å². The molecular weight excluding hydrogens is 250 g/mol. The molecule has 1 aromatic heterocycles. The molecule has 0 aliphatic carbocycles. The summed E-state index contributed by atoms with van der Waals surface area (Å²) in [5, 5.41) is 11.7. The van der Waals surface area contributed by atoms with Gasteiger partial charge >= 0.3 is 0 Å². The van der Waals surface area contributed by atoms with Crippen LogP contribution in [-0.2, 0) is 0 Å². The summed E-state index contributed by atoms with van der Waals surface area (Å²) in [7, 11) is 3.99. The number of nitrogens with zero attached hydrogens (tertiary/aromatic N) is 3. The molecule has 1 aliphatic rings. The standard InChI is InChI=1S/C16H21N3O/c1-18(2)11-16(20)9-10-19(12-16)15-8-7-13-5-3-4-6-14(13)17-15/h3-8,20H,9-12H2,1-2H3/t16-/m0/s1. The summed E-state index contributed by atoms with van der Waals surface area (Å²) in [5.74, 6) is 0.957. The van der Waals surface area contributed by atoms with Crippen LogP contribution in [0.3, 0.4) is 0 Å². The SMILES string of the molecule is CN(C)C[C@@]1(O)CCN(c2ccc3ccccc3n2)C1. The Bertz CT molecular complexity index is 613. The summed E-state index contributed by atoms with van der Waals surface area (Å²) in [6.45, 7) is 2.20. The Balaban J connectivity index is 1.82. The second kappa shape index (κ2) is 5.04. The first-order chi connectivity index (χ1) is 9.56. The fraction of sp³-hybridized carbons (Fsp3) is 0.438. The van der Waals surface area contributed by atoms with Crippen molar-refractivity contribution >= 4 is 16.7 Å². The fourth-order valence-electron chi connectivity index (χ4n) is 3.00. The molecule has 1 aliphatic heterocycles. The molecule has 1 atom stereocenters. The predicted octanol–water partition coefficient (Wildman–Crippen LogP) is 1.74. The number of β-amino-alcohol motifs (C(OH)–C–C–N with tert-alkyl or cyclic N) is 1. The molecule has 4 nitrogen and oxygen atoms in total. The first-order valence-electron chi connectivity index (χ1n) is 7.04. The van der Waals surface area contributed by atoms with E-state index < -0.39 is 5.60 Å². The molecule has 1 saturated heterocycles. The summed E-state index contributed by atoms with van der Waals surface area (Å²) in [5.41, 5.74) is 0.379. The van der Waals surface area contributed by atoms with Crippen molar-refractivity contribution in [3.63, 3.8) is 0 Å². The van der Waals surface area contributed by atoms with E-state index in [1.165, 1.54) is 0 Å². The highest BCUT2D eigenvalue weighted by atomic mass is 16.3. The van der Waals surface area contributed by atoms with Crippen LogP contribution in [0, 0.1) is 0 Å². The normalized spacial score (nSPS) is 22.9. The molecule has 0 bridgehead atoms. The lowest BCUT2D eigenvalue weighted by molar-refractivity contribution is 0.0365. The molecule has 106 valence electrons. The number of fused-ring (bicyclic) bond motifs is 1. The summed E-state index contributed by atoms with van der Waals surface area (Å²) in [6.07, 6.45) is 0.791. The van der Waals surface area contributed by atoms with Gasteiger partial charge in [-0.05, 0) is 38.7 Å². The van der Waals surface area contributed by atoms with Gasteiger partial charge < -0.3 is 14.9 Å². The van der Waals surface area contributed by atoms with Gasteiger partial charge in [0.05, 0.1) is 11.1 Å². The average molecular weight is 271 g/mol. The average Bonchev–Trinajstić information content (AvgIpc) is 2.79. The van der Waals surface area contributed by atoms with Crippen molar-refractivity contribution in [2.75, 3.05) is 38.6 Å². The molecule has 0 saturated carbocycles. The largest absolute Gasteiger partial charge is 0.387 e. The van der Waals surface area contributed by atoms with E-state index in [-0.39, 0.29) is 0 Å². The van der Waals surface area contributed by atoms with Crippen molar-refractivity contribution in [2.45, 2.75) is 12.0 Å². The number of likely N-dealkylation sites (N-methyl/N-ethyl adjacent to an activating group) is 1. The Morgan fingerprint density at radius 3 is 2.85 bits per heavy atom. The van der Waals surface area contributed by atoms with E-state index in [2.05, 4.69) is 17.0 Å². The van der Waals surface area contributed by atoms with Crippen molar-refractivity contribution in [1.82, 2.24) is 9.88 Å². The van der Waals surface area contributed by atoms with Crippen LogP contribution in [0.4, 0.5) is 5.82 Å². The monoisotopic (exact) mass is 271 g/mol.